The number of rotatable bonds is 3. The zero-order valence-electron chi connectivity index (χ0n) is 10.9. The van der Waals surface area contributed by atoms with Gasteiger partial charge in [0.1, 0.15) is 22.3 Å². The van der Waals surface area contributed by atoms with Crippen LogP contribution in [0.2, 0.25) is 0 Å². The molecule has 0 saturated heterocycles. The van der Waals surface area contributed by atoms with Crippen LogP contribution in [0.15, 0.2) is 39.7 Å². The first kappa shape index (κ1) is 15.7. The number of phenols is 1. The van der Waals surface area contributed by atoms with Crippen molar-refractivity contribution in [2.75, 3.05) is 0 Å². The zero-order chi connectivity index (χ0) is 16.3. The van der Waals surface area contributed by atoms with Gasteiger partial charge in [-0.05, 0) is 18.2 Å². The Morgan fingerprint density at radius 2 is 2.09 bits per heavy atom. The van der Waals surface area contributed by atoms with Crippen molar-refractivity contribution >= 4 is 46.3 Å². The van der Waals surface area contributed by atoms with Crippen LogP contribution >= 0.6 is 24.4 Å². The third kappa shape index (κ3) is 3.51. The highest BCUT2D eigenvalue weighted by Gasteiger charge is 2.14. The number of aliphatic imine (C=N–C) groups is 1. The number of non-ortho nitro benzene ring substituents is 1. The Morgan fingerprint density at radius 1 is 1.36 bits per heavy atom. The van der Waals surface area contributed by atoms with Gasteiger partial charge in [0.05, 0.1) is 16.7 Å². The number of benzene rings is 1. The van der Waals surface area contributed by atoms with Crippen LogP contribution in [0.4, 0.5) is 5.69 Å². The molecule has 0 aliphatic carbocycles. The molecule has 0 bridgehead atoms. The summed E-state index contributed by atoms with van der Waals surface area (Å²) >= 11 is 9.49. The van der Waals surface area contributed by atoms with Crippen molar-refractivity contribution in [1.29, 1.82) is 0 Å². The lowest BCUT2D eigenvalue weighted by atomic mass is 10.1. The second kappa shape index (κ2) is 6.41. The van der Waals surface area contributed by atoms with Gasteiger partial charge in [-0.1, -0.05) is 24.4 Å². The summed E-state index contributed by atoms with van der Waals surface area (Å²) in [6.07, 6.45) is 1.32. The second-order valence-electron chi connectivity index (χ2n) is 4.09. The van der Waals surface area contributed by atoms with E-state index in [1.54, 1.807) is 12.1 Å². The molecule has 0 amide bonds. The minimum Gasteiger partial charge on any atom is -0.507 e. The summed E-state index contributed by atoms with van der Waals surface area (Å²) in [5.41, 5.74) is 5.35. The largest absolute Gasteiger partial charge is 0.507 e. The van der Waals surface area contributed by atoms with E-state index in [9.17, 15) is 15.2 Å². The van der Waals surface area contributed by atoms with Crippen LogP contribution < -0.4 is 5.73 Å². The molecule has 0 aliphatic rings. The molecule has 2 rings (SSSR count). The normalized spacial score (nSPS) is 10.7. The van der Waals surface area contributed by atoms with E-state index in [0.29, 0.717) is 5.76 Å². The second-order valence-corrected chi connectivity index (χ2v) is 4.91. The van der Waals surface area contributed by atoms with Crippen LogP contribution in [0.5, 0.6) is 5.75 Å². The van der Waals surface area contributed by atoms with Gasteiger partial charge in [0.15, 0.2) is 4.99 Å². The summed E-state index contributed by atoms with van der Waals surface area (Å²) in [6, 6.07) is 6.76. The zero-order valence-corrected chi connectivity index (χ0v) is 12.6. The number of nitrogens with zero attached hydrogens (tertiary/aromatic N) is 2. The summed E-state index contributed by atoms with van der Waals surface area (Å²) in [4.78, 5) is 14.1. The topological polar surface area (TPSA) is 115 Å². The van der Waals surface area contributed by atoms with Crippen molar-refractivity contribution in [2.24, 2.45) is 10.7 Å². The van der Waals surface area contributed by atoms with Crippen LogP contribution in [0.25, 0.3) is 11.3 Å². The molecule has 1 aromatic heterocycles. The third-order valence-corrected chi connectivity index (χ3v) is 3.25. The van der Waals surface area contributed by atoms with Gasteiger partial charge in [-0.2, -0.15) is 0 Å². The maximum Gasteiger partial charge on any atom is 0.270 e. The minimum absolute atomic E-state index is 0.00522. The van der Waals surface area contributed by atoms with Gasteiger partial charge in [0, 0.05) is 12.1 Å². The van der Waals surface area contributed by atoms with E-state index < -0.39 is 4.92 Å². The molecule has 3 N–H and O–H groups in total. The van der Waals surface area contributed by atoms with Crippen molar-refractivity contribution < 1.29 is 14.4 Å². The number of nitro groups is 1. The molecule has 1 heterocycles. The molecule has 7 nitrogen and oxygen atoms in total. The molecular weight excluding hydrogens is 326 g/mol. The van der Waals surface area contributed by atoms with Crippen molar-refractivity contribution in [3.63, 3.8) is 0 Å². The van der Waals surface area contributed by atoms with Crippen LogP contribution in [0.1, 0.15) is 5.76 Å². The molecule has 112 valence electrons. The van der Waals surface area contributed by atoms with E-state index in [1.807, 2.05) is 0 Å². The van der Waals surface area contributed by atoms with Crippen molar-refractivity contribution in [1.82, 2.24) is 0 Å². The van der Waals surface area contributed by atoms with Gasteiger partial charge in [-0.25, -0.2) is 4.99 Å². The molecule has 1 aromatic carbocycles. The average Bonchev–Trinajstić information content (AvgIpc) is 2.93. The van der Waals surface area contributed by atoms with Gasteiger partial charge in [0.25, 0.3) is 5.69 Å². The number of nitro benzene ring substituents is 1. The van der Waals surface area contributed by atoms with Crippen LogP contribution in [-0.2, 0) is 0 Å². The number of aromatic hydroxyl groups is 1. The number of furan rings is 1. The Balaban J connectivity index is 2.32. The van der Waals surface area contributed by atoms with Gasteiger partial charge >= 0.3 is 0 Å². The Bertz CT molecular complexity index is 798. The van der Waals surface area contributed by atoms with Gasteiger partial charge in [0.2, 0.25) is 0 Å². The fourth-order valence-electron chi connectivity index (χ4n) is 1.59. The van der Waals surface area contributed by atoms with E-state index in [0.717, 1.165) is 0 Å². The minimum atomic E-state index is -0.561. The highest BCUT2D eigenvalue weighted by atomic mass is 32.1. The predicted molar refractivity (Wildman–Crippen MR) is 89.4 cm³/mol. The standard InChI is InChI=1S/C13H9N3O4S2/c14-12(21)13(22)15-6-8-2-4-11(20-8)9-5-7(16(18)19)1-3-10(9)17/h1-6,17H,(H2,14,21). The first-order chi connectivity index (χ1) is 10.4. The summed E-state index contributed by atoms with van der Waals surface area (Å²) in [5.74, 6) is 0.450. The van der Waals surface area contributed by atoms with E-state index in [4.69, 9.17) is 22.4 Å². The van der Waals surface area contributed by atoms with E-state index in [2.05, 4.69) is 17.2 Å². The Hall–Kier alpha value is -2.65. The maximum atomic E-state index is 10.8. The highest BCUT2D eigenvalue weighted by molar-refractivity contribution is 7.89. The van der Waals surface area contributed by atoms with Gasteiger partial charge < -0.3 is 15.3 Å². The molecule has 0 radical (unpaired) electrons. The van der Waals surface area contributed by atoms with Crippen LogP contribution in [0, 0.1) is 10.1 Å². The summed E-state index contributed by atoms with van der Waals surface area (Å²) in [6.45, 7) is 0. The molecule has 0 saturated carbocycles. The third-order valence-electron chi connectivity index (χ3n) is 2.60. The molecule has 9 heteroatoms. The maximum absolute atomic E-state index is 10.8. The number of hydrogen-bond donors (Lipinski definition) is 2. The molecule has 2 aromatic rings. The number of phenolic OH excluding ortho intramolecular Hbond substituents is 1. The summed E-state index contributed by atoms with van der Waals surface area (Å²) in [7, 11) is 0. The molecule has 22 heavy (non-hydrogen) atoms. The fraction of sp³-hybridized carbons (Fsp3) is 0. The smallest absolute Gasteiger partial charge is 0.270 e. The molecule has 0 atom stereocenters. The lowest BCUT2D eigenvalue weighted by Crippen LogP contribution is -2.16. The quantitative estimate of drug-likeness (QED) is 0.383. The predicted octanol–water partition coefficient (Wildman–Crippen LogP) is 2.59. The molecule has 0 aliphatic heterocycles. The Morgan fingerprint density at radius 3 is 2.73 bits per heavy atom. The Labute approximate surface area is 135 Å². The molecule has 0 fully saturated rings. The van der Waals surface area contributed by atoms with Crippen LogP contribution in [-0.4, -0.2) is 26.2 Å². The highest BCUT2D eigenvalue weighted by Crippen LogP contribution is 2.33. The molecule has 0 spiro atoms. The first-order valence-electron chi connectivity index (χ1n) is 5.84. The number of hydrogen-bond acceptors (Lipinski definition) is 6. The van der Waals surface area contributed by atoms with E-state index in [-0.39, 0.29) is 32.7 Å². The van der Waals surface area contributed by atoms with Crippen molar-refractivity contribution in [3.05, 3.63) is 46.2 Å². The van der Waals surface area contributed by atoms with Crippen molar-refractivity contribution in [3.8, 4) is 17.1 Å². The number of nitrogens with two attached hydrogens (primary N) is 1. The fourth-order valence-corrected chi connectivity index (χ4v) is 1.69. The van der Waals surface area contributed by atoms with Crippen molar-refractivity contribution in [2.45, 2.75) is 0 Å². The lowest BCUT2D eigenvalue weighted by Gasteiger charge is -2.00. The molecular formula is C13H9N3O4S2. The van der Waals surface area contributed by atoms with Gasteiger partial charge in [-0.15, -0.1) is 0 Å². The van der Waals surface area contributed by atoms with E-state index in [1.165, 1.54) is 24.4 Å². The van der Waals surface area contributed by atoms with Gasteiger partial charge in [-0.3, -0.25) is 10.1 Å². The summed E-state index contributed by atoms with van der Waals surface area (Å²) < 4.78 is 5.44. The number of thiocarbonyl (C=S) groups is 2. The van der Waals surface area contributed by atoms with Crippen LogP contribution in [0.3, 0.4) is 0 Å². The first-order valence-corrected chi connectivity index (χ1v) is 6.65. The average molecular weight is 335 g/mol. The molecule has 0 unspecified atom stereocenters. The monoisotopic (exact) mass is 335 g/mol. The van der Waals surface area contributed by atoms with E-state index >= 15 is 0 Å². The lowest BCUT2D eigenvalue weighted by molar-refractivity contribution is -0.384. The Kier molecular flexibility index (Phi) is 4.59. The SMILES string of the molecule is NC(=S)C(=S)N=Cc1ccc(-c2cc([N+](=O)[O-])ccc2O)o1. The summed E-state index contributed by atoms with van der Waals surface area (Å²) in [5, 5.41) is 20.6.